The normalized spacial score (nSPS) is 19.6. The molecule has 2 heterocycles. The van der Waals surface area contributed by atoms with Gasteiger partial charge in [-0.25, -0.2) is 13.8 Å². The van der Waals surface area contributed by atoms with Crippen molar-refractivity contribution < 1.29 is 8.78 Å². The van der Waals surface area contributed by atoms with Crippen LogP contribution in [0.1, 0.15) is 38.6 Å². The molecule has 0 bridgehead atoms. The Hall–Kier alpha value is -1.38. The third kappa shape index (κ3) is 4.44. The minimum absolute atomic E-state index is 0.122. The average Bonchev–Trinajstić information content (AvgIpc) is 2.77. The summed E-state index contributed by atoms with van der Waals surface area (Å²) in [6.45, 7) is 4.89. The Morgan fingerprint density at radius 1 is 1.25 bits per heavy atom. The van der Waals surface area contributed by atoms with Crippen LogP contribution in [0.3, 0.4) is 0 Å². The number of aromatic nitrogens is 2. The predicted octanol–water partition coefficient (Wildman–Crippen LogP) is 3.90. The van der Waals surface area contributed by atoms with Crippen LogP contribution in [0, 0.1) is 0 Å². The molecule has 1 aromatic carbocycles. The lowest BCUT2D eigenvalue weighted by atomic mass is 10.1. The van der Waals surface area contributed by atoms with E-state index in [4.69, 9.17) is 4.98 Å². The lowest BCUT2D eigenvalue weighted by Crippen LogP contribution is -2.42. The van der Waals surface area contributed by atoms with Crippen molar-refractivity contribution in [1.29, 1.82) is 0 Å². The van der Waals surface area contributed by atoms with Crippen LogP contribution in [-0.2, 0) is 6.54 Å². The van der Waals surface area contributed by atoms with Gasteiger partial charge in [-0.05, 0) is 38.6 Å². The average molecular weight is 457 g/mol. The molecule has 0 aliphatic carbocycles. The number of halogens is 3. The number of hydrogen-bond acceptors (Lipinski definition) is 4. The summed E-state index contributed by atoms with van der Waals surface area (Å²) in [6, 6.07) is 5.10. The number of hydrogen-bond donors (Lipinski definition) is 0. The summed E-state index contributed by atoms with van der Waals surface area (Å²) in [7, 11) is 1.72. The van der Waals surface area contributed by atoms with Crippen molar-refractivity contribution in [3.05, 3.63) is 38.9 Å². The number of rotatable bonds is 5. The van der Waals surface area contributed by atoms with Crippen LogP contribution in [-0.4, -0.2) is 58.5 Å². The molecule has 8 heteroatoms. The van der Waals surface area contributed by atoms with E-state index in [0.717, 1.165) is 10.9 Å². The minimum atomic E-state index is -2.80. The van der Waals surface area contributed by atoms with Crippen LogP contribution in [0.25, 0.3) is 10.9 Å². The second kappa shape index (κ2) is 8.55. The van der Waals surface area contributed by atoms with Crippen molar-refractivity contribution in [2.45, 2.75) is 45.2 Å². The quantitative estimate of drug-likeness (QED) is 0.683. The van der Waals surface area contributed by atoms with Gasteiger partial charge in [-0.15, -0.1) is 0 Å². The van der Waals surface area contributed by atoms with E-state index in [9.17, 15) is 13.6 Å². The fourth-order valence-electron chi connectivity index (χ4n) is 3.98. The Balaban J connectivity index is 2.12. The van der Waals surface area contributed by atoms with Gasteiger partial charge >= 0.3 is 0 Å². The van der Waals surface area contributed by atoms with Crippen LogP contribution >= 0.6 is 15.9 Å². The molecule has 154 valence electrons. The Morgan fingerprint density at radius 2 is 2.00 bits per heavy atom. The fourth-order valence-corrected chi connectivity index (χ4v) is 4.35. The van der Waals surface area contributed by atoms with Crippen molar-refractivity contribution >= 4 is 26.8 Å². The summed E-state index contributed by atoms with van der Waals surface area (Å²) in [5.41, 5.74) is 0.483. The highest BCUT2D eigenvalue weighted by Gasteiger charge is 2.39. The Kier molecular flexibility index (Phi) is 6.51. The number of likely N-dealkylation sites (N-methyl/N-ethyl adjacent to an activating group) is 1. The van der Waals surface area contributed by atoms with Gasteiger partial charge in [-0.3, -0.25) is 19.2 Å². The third-order valence-electron chi connectivity index (χ3n) is 5.27. The first-order valence-corrected chi connectivity index (χ1v) is 10.6. The van der Waals surface area contributed by atoms with E-state index < -0.39 is 5.92 Å². The molecule has 0 saturated carbocycles. The first-order valence-electron chi connectivity index (χ1n) is 9.76. The lowest BCUT2D eigenvalue weighted by molar-refractivity contribution is -0.0431. The molecule has 1 unspecified atom stereocenters. The SMILES string of the molecule is CCCC(c1nc2ccc(Br)cc2c(=O)n1CC)N1CCN(C)CC(F)(F)C1. The first kappa shape index (κ1) is 21.3. The zero-order valence-corrected chi connectivity index (χ0v) is 18.2. The third-order valence-corrected chi connectivity index (χ3v) is 5.76. The zero-order valence-electron chi connectivity index (χ0n) is 16.6. The molecule has 5 nitrogen and oxygen atoms in total. The number of fused-ring (bicyclic) bond motifs is 1. The summed E-state index contributed by atoms with van der Waals surface area (Å²) in [6.07, 6.45) is 1.49. The van der Waals surface area contributed by atoms with Crippen molar-refractivity contribution in [1.82, 2.24) is 19.4 Å². The summed E-state index contributed by atoms with van der Waals surface area (Å²) in [5.74, 6) is -2.21. The number of alkyl halides is 2. The second-order valence-electron chi connectivity index (χ2n) is 7.55. The summed E-state index contributed by atoms with van der Waals surface area (Å²) < 4.78 is 31.4. The summed E-state index contributed by atoms with van der Waals surface area (Å²) in [4.78, 5) is 21.4. The molecule has 28 heavy (non-hydrogen) atoms. The van der Waals surface area contributed by atoms with Gasteiger partial charge in [-0.1, -0.05) is 29.3 Å². The molecule has 1 saturated heterocycles. The highest BCUT2D eigenvalue weighted by atomic mass is 79.9. The lowest BCUT2D eigenvalue weighted by Gasteiger charge is -2.33. The van der Waals surface area contributed by atoms with E-state index in [-0.39, 0.29) is 24.7 Å². The molecule has 1 aliphatic heterocycles. The molecule has 1 aromatic heterocycles. The smallest absolute Gasteiger partial charge is 0.272 e. The van der Waals surface area contributed by atoms with Gasteiger partial charge in [0.15, 0.2) is 0 Å². The van der Waals surface area contributed by atoms with Gasteiger partial charge in [0.2, 0.25) is 0 Å². The Morgan fingerprint density at radius 3 is 2.68 bits per heavy atom. The topological polar surface area (TPSA) is 41.4 Å². The van der Waals surface area contributed by atoms with Crippen molar-refractivity contribution in [3.63, 3.8) is 0 Å². The number of benzene rings is 1. The van der Waals surface area contributed by atoms with Gasteiger partial charge < -0.3 is 0 Å². The standard InChI is InChI=1S/C20H27BrF2N4O/c1-4-6-17(26-10-9-25(3)12-20(22,23)13-26)18-24-16-8-7-14(21)11-15(16)19(28)27(18)5-2/h7-8,11,17H,4-6,9-10,12-13H2,1-3H3. The van der Waals surface area contributed by atoms with E-state index >= 15 is 0 Å². The molecule has 0 amide bonds. The molecule has 3 rings (SSSR count). The van der Waals surface area contributed by atoms with Gasteiger partial charge in [0.05, 0.1) is 30.0 Å². The van der Waals surface area contributed by atoms with Crippen molar-refractivity contribution in [2.24, 2.45) is 0 Å². The summed E-state index contributed by atoms with van der Waals surface area (Å²) >= 11 is 3.40. The van der Waals surface area contributed by atoms with Gasteiger partial charge in [0.25, 0.3) is 11.5 Å². The van der Waals surface area contributed by atoms with E-state index in [1.807, 2.05) is 24.8 Å². The summed E-state index contributed by atoms with van der Waals surface area (Å²) in [5, 5.41) is 0.538. The highest BCUT2D eigenvalue weighted by Crippen LogP contribution is 2.30. The van der Waals surface area contributed by atoms with Gasteiger partial charge in [-0.2, -0.15) is 0 Å². The van der Waals surface area contributed by atoms with E-state index in [1.54, 1.807) is 28.6 Å². The molecule has 0 N–H and O–H groups in total. The molecule has 2 aromatic rings. The molecular formula is C20H27BrF2N4O. The van der Waals surface area contributed by atoms with Crippen molar-refractivity contribution in [2.75, 3.05) is 33.2 Å². The molecule has 0 spiro atoms. The minimum Gasteiger partial charge on any atom is -0.299 e. The maximum atomic E-state index is 14.5. The zero-order chi connectivity index (χ0) is 20.5. The highest BCUT2D eigenvalue weighted by molar-refractivity contribution is 9.10. The van der Waals surface area contributed by atoms with E-state index in [1.165, 1.54) is 0 Å². The molecule has 1 fully saturated rings. The van der Waals surface area contributed by atoms with Crippen LogP contribution in [0.2, 0.25) is 0 Å². The Bertz CT molecular complexity index is 902. The van der Waals surface area contributed by atoms with Gasteiger partial charge in [0.1, 0.15) is 5.82 Å². The van der Waals surface area contributed by atoms with Crippen molar-refractivity contribution in [3.8, 4) is 0 Å². The monoisotopic (exact) mass is 456 g/mol. The molecule has 1 atom stereocenters. The maximum Gasteiger partial charge on any atom is 0.272 e. The molecule has 0 radical (unpaired) electrons. The Labute approximate surface area is 172 Å². The fraction of sp³-hybridized carbons (Fsp3) is 0.600. The van der Waals surface area contributed by atoms with Crippen LogP contribution in [0.15, 0.2) is 27.5 Å². The van der Waals surface area contributed by atoms with Crippen LogP contribution in [0.4, 0.5) is 8.78 Å². The first-order chi connectivity index (χ1) is 13.3. The largest absolute Gasteiger partial charge is 0.299 e. The van der Waals surface area contributed by atoms with Crippen LogP contribution < -0.4 is 5.56 Å². The molecular weight excluding hydrogens is 430 g/mol. The predicted molar refractivity (Wildman–Crippen MR) is 111 cm³/mol. The van der Waals surface area contributed by atoms with E-state index in [2.05, 4.69) is 15.9 Å². The maximum absolute atomic E-state index is 14.5. The van der Waals surface area contributed by atoms with Crippen LogP contribution in [0.5, 0.6) is 0 Å². The van der Waals surface area contributed by atoms with E-state index in [0.29, 0.717) is 42.8 Å². The molecule has 1 aliphatic rings. The number of nitrogens with zero attached hydrogens (tertiary/aromatic N) is 4. The second-order valence-corrected chi connectivity index (χ2v) is 8.47. The van der Waals surface area contributed by atoms with Gasteiger partial charge in [0, 0.05) is 24.1 Å².